The molecule has 4 heteroatoms. The standard InChI is InChI=1S/C10H10N2O2/c13-5-11-9-2-7-1-8(9)3-10(7,4-9)12-6-14/h7-8H,1-4H2/t7-,8-,9-,10-/m0/s1. The number of rotatable bonds is 2. The Hall–Kier alpha value is -1.24. The van der Waals surface area contributed by atoms with Gasteiger partial charge in [0.05, 0.1) is 11.1 Å². The fraction of sp³-hybridized carbons (Fsp3) is 0.800. The monoisotopic (exact) mass is 190 g/mol. The highest BCUT2D eigenvalue weighted by Gasteiger charge is 2.71. The van der Waals surface area contributed by atoms with Crippen LogP contribution in [-0.2, 0) is 9.59 Å². The third-order valence-corrected chi connectivity index (χ3v) is 4.44. The summed E-state index contributed by atoms with van der Waals surface area (Å²) in [5.41, 5.74) is -0.431. The number of hydrogen-bond acceptors (Lipinski definition) is 4. The lowest BCUT2D eigenvalue weighted by Crippen LogP contribution is -2.26. The fourth-order valence-electron chi connectivity index (χ4n) is 4.01. The van der Waals surface area contributed by atoms with E-state index in [1.54, 1.807) is 12.2 Å². The van der Waals surface area contributed by atoms with E-state index in [9.17, 15) is 9.59 Å². The van der Waals surface area contributed by atoms with Crippen LogP contribution in [0.2, 0.25) is 0 Å². The zero-order chi connectivity index (χ0) is 9.81. The quantitative estimate of drug-likeness (QED) is 0.481. The maximum absolute atomic E-state index is 10.4. The van der Waals surface area contributed by atoms with Crippen LogP contribution in [0.4, 0.5) is 0 Å². The van der Waals surface area contributed by atoms with Crippen LogP contribution in [0.1, 0.15) is 25.7 Å². The van der Waals surface area contributed by atoms with Crippen molar-refractivity contribution in [1.82, 2.24) is 0 Å². The van der Waals surface area contributed by atoms with E-state index >= 15 is 0 Å². The molecule has 4 fully saturated rings. The van der Waals surface area contributed by atoms with Gasteiger partial charge >= 0.3 is 0 Å². The van der Waals surface area contributed by atoms with Crippen LogP contribution >= 0.6 is 0 Å². The number of isocyanates is 2. The normalized spacial score (nSPS) is 51.7. The first kappa shape index (κ1) is 8.10. The van der Waals surface area contributed by atoms with Crippen LogP contribution < -0.4 is 0 Å². The smallest absolute Gasteiger partial charge is 0.211 e. The largest absolute Gasteiger partial charge is 0.235 e. The van der Waals surface area contributed by atoms with Crippen molar-refractivity contribution in [3.63, 3.8) is 0 Å². The van der Waals surface area contributed by atoms with E-state index in [-0.39, 0.29) is 11.1 Å². The van der Waals surface area contributed by atoms with Crippen LogP contribution in [-0.4, -0.2) is 23.2 Å². The Morgan fingerprint density at radius 1 is 1.00 bits per heavy atom. The van der Waals surface area contributed by atoms with Crippen molar-refractivity contribution < 1.29 is 9.59 Å². The first-order valence-electron chi connectivity index (χ1n) is 4.93. The lowest BCUT2D eigenvalue weighted by Gasteiger charge is -2.21. The van der Waals surface area contributed by atoms with Crippen LogP contribution in [0, 0.1) is 11.8 Å². The second-order valence-electron chi connectivity index (χ2n) is 4.83. The van der Waals surface area contributed by atoms with Crippen molar-refractivity contribution in [3.8, 4) is 0 Å². The molecule has 4 aliphatic rings. The molecule has 0 N–H and O–H groups in total. The van der Waals surface area contributed by atoms with Gasteiger partial charge in [0.15, 0.2) is 0 Å². The Bertz CT molecular complexity index is 359. The summed E-state index contributed by atoms with van der Waals surface area (Å²) in [5.74, 6) is 0.900. The van der Waals surface area contributed by atoms with Gasteiger partial charge in [-0.3, -0.25) is 0 Å². The topological polar surface area (TPSA) is 58.9 Å². The number of aliphatic imine (C=N–C) groups is 2. The maximum atomic E-state index is 10.4. The van der Waals surface area contributed by atoms with Crippen molar-refractivity contribution in [1.29, 1.82) is 0 Å². The highest BCUT2D eigenvalue weighted by atomic mass is 16.1. The Balaban J connectivity index is 2.07. The fourth-order valence-corrected chi connectivity index (χ4v) is 4.01. The second kappa shape index (κ2) is 2.22. The van der Waals surface area contributed by atoms with Gasteiger partial charge in [0, 0.05) is 6.42 Å². The van der Waals surface area contributed by atoms with Crippen LogP contribution in [0.5, 0.6) is 0 Å². The molecule has 0 aromatic carbocycles. The minimum absolute atomic E-state index is 0.216. The molecule has 0 amide bonds. The molecule has 0 saturated heterocycles. The van der Waals surface area contributed by atoms with E-state index < -0.39 is 0 Å². The summed E-state index contributed by atoms with van der Waals surface area (Å²) in [4.78, 5) is 28.7. The number of nitrogens with zero attached hydrogens (tertiary/aromatic N) is 2. The molecule has 4 atom stereocenters. The molecule has 4 bridgehead atoms. The summed E-state index contributed by atoms with van der Waals surface area (Å²) in [5, 5.41) is 0. The first-order valence-corrected chi connectivity index (χ1v) is 4.93. The van der Waals surface area contributed by atoms with Crippen molar-refractivity contribution in [2.45, 2.75) is 36.8 Å². The lowest BCUT2D eigenvalue weighted by molar-refractivity contribution is 0.370. The molecule has 0 radical (unpaired) electrons. The number of hydrogen-bond donors (Lipinski definition) is 0. The zero-order valence-corrected chi connectivity index (χ0v) is 7.69. The van der Waals surface area contributed by atoms with E-state index in [2.05, 4.69) is 9.98 Å². The number of carbonyl (C=O) groups excluding carboxylic acids is 2. The third-order valence-electron chi connectivity index (χ3n) is 4.44. The molecule has 0 heterocycles. The average molecular weight is 190 g/mol. The van der Waals surface area contributed by atoms with Gasteiger partial charge in [-0.1, -0.05) is 0 Å². The van der Waals surface area contributed by atoms with Crippen molar-refractivity contribution in [2.24, 2.45) is 21.8 Å². The molecule has 4 saturated carbocycles. The van der Waals surface area contributed by atoms with Gasteiger partial charge < -0.3 is 0 Å². The van der Waals surface area contributed by atoms with Crippen molar-refractivity contribution >= 4 is 12.2 Å². The summed E-state index contributed by atoms with van der Waals surface area (Å²) in [6.07, 6.45) is 7.02. The Morgan fingerprint density at radius 2 is 1.50 bits per heavy atom. The maximum Gasteiger partial charge on any atom is 0.235 e. The van der Waals surface area contributed by atoms with E-state index in [1.807, 2.05) is 0 Å². The summed E-state index contributed by atoms with van der Waals surface area (Å²) in [6.45, 7) is 0. The van der Waals surface area contributed by atoms with E-state index in [0.717, 1.165) is 25.7 Å². The minimum atomic E-state index is -0.216. The highest BCUT2D eigenvalue weighted by molar-refractivity contribution is 5.43. The van der Waals surface area contributed by atoms with Gasteiger partial charge in [0.1, 0.15) is 0 Å². The van der Waals surface area contributed by atoms with E-state index in [1.165, 1.54) is 0 Å². The van der Waals surface area contributed by atoms with E-state index in [4.69, 9.17) is 0 Å². The molecular formula is C10H10N2O2. The summed E-state index contributed by atoms with van der Waals surface area (Å²) < 4.78 is 0. The molecule has 0 aliphatic heterocycles. The van der Waals surface area contributed by atoms with Crippen molar-refractivity contribution in [3.05, 3.63) is 0 Å². The van der Waals surface area contributed by atoms with Gasteiger partial charge in [-0.15, -0.1) is 0 Å². The molecule has 72 valence electrons. The SMILES string of the molecule is O=C=N[C@]12C[C@@H]3C[C@H]1C[C@]3(N=C=O)C2. The van der Waals surface area contributed by atoms with Crippen molar-refractivity contribution in [2.75, 3.05) is 0 Å². The predicted molar refractivity (Wildman–Crippen MR) is 47.2 cm³/mol. The zero-order valence-electron chi connectivity index (χ0n) is 7.69. The minimum Gasteiger partial charge on any atom is -0.211 e. The van der Waals surface area contributed by atoms with Crippen LogP contribution in [0.3, 0.4) is 0 Å². The van der Waals surface area contributed by atoms with Gasteiger partial charge in [0.25, 0.3) is 0 Å². The van der Waals surface area contributed by atoms with Crippen LogP contribution in [0.25, 0.3) is 0 Å². The highest BCUT2D eigenvalue weighted by Crippen LogP contribution is 2.70. The van der Waals surface area contributed by atoms with Gasteiger partial charge in [-0.2, -0.15) is 9.98 Å². The third kappa shape index (κ3) is 0.682. The molecular weight excluding hydrogens is 180 g/mol. The predicted octanol–water partition coefficient (Wildman–Crippen LogP) is 0.969. The van der Waals surface area contributed by atoms with Gasteiger partial charge in [0.2, 0.25) is 12.2 Å². The van der Waals surface area contributed by atoms with Gasteiger partial charge in [-0.25, -0.2) is 9.59 Å². The summed E-state index contributed by atoms with van der Waals surface area (Å²) in [6, 6.07) is 0. The molecule has 0 aromatic rings. The van der Waals surface area contributed by atoms with Gasteiger partial charge in [-0.05, 0) is 31.1 Å². The first-order chi connectivity index (χ1) is 6.75. The Kier molecular flexibility index (Phi) is 1.28. The lowest BCUT2D eigenvalue weighted by atomic mass is 9.91. The summed E-state index contributed by atoms with van der Waals surface area (Å²) in [7, 11) is 0. The molecule has 4 rings (SSSR count). The molecule has 4 aliphatic carbocycles. The molecule has 0 spiro atoms. The van der Waals surface area contributed by atoms with Crippen LogP contribution in [0.15, 0.2) is 9.98 Å². The summed E-state index contributed by atoms with van der Waals surface area (Å²) >= 11 is 0. The van der Waals surface area contributed by atoms with E-state index in [0.29, 0.717) is 11.8 Å². The Morgan fingerprint density at radius 3 is 1.86 bits per heavy atom. The molecule has 4 nitrogen and oxygen atoms in total. The average Bonchev–Trinajstić information content (AvgIpc) is 2.73. The molecule has 0 aromatic heterocycles. The molecule has 14 heavy (non-hydrogen) atoms. The second-order valence-corrected chi connectivity index (χ2v) is 4.83. The Labute approximate surface area is 81.1 Å². The molecule has 0 unspecified atom stereocenters.